The largest absolute Gasteiger partial charge is 0.426 e. The van der Waals surface area contributed by atoms with Crippen LogP contribution < -0.4 is 15.4 Å². The Kier molecular flexibility index (Phi) is 20.2. The third kappa shape index (κ3) is 16.6. The van der Waals surface area contributed by atoms with Crippen LogP contribution in [0.25, 0.3) is 0 Å². The third-order valence-corrected chi connectivity index (χ3v) is 13.3. The maximum atomic E-state index is 14.6. The number of rotatable bonds is 28. The zero-order valence-corrected chi connectivity index (χ0v) is 41.4. The average molecular weight is 936 g/mol. The second kappa shape index (κ2) is 25.7. The minimum Gasteiger partial charge on any atom is -0.426 e. The van der Waals surface area contributed by atoms with E-state index in [4.69, 9.17) is 14.3 Å². The van der Waals surface area contributed by atoms with Gasteiger partial charge in [-0.3, -0.25) is 28.8 Å². The van der Waals surface area contributed by atoms with Crippen molar-refractivity contribution in [3.8, 4) is 5.75 Å². The van der Waals surface area contributed by atoms with E-state index >= 15 is 0 Å². The van der Waals surface area contributed by atoms with Gasteiger partial charge in [-0.15, -0.1) is 0 Å². The number of esters is 1. The summed E-state index contributed by atoms with van der Waals surface area (Å²) in [4.78, 5) is 88.7. The van der Waals surface area contributed by atoms with Gasteiger partial charge < -0.3 is 29.4 Å². The van der Waals surface area contributed by atoms with Crippen molar-refractivity contribution in [1.82, 2.24) is 10.6 Å². The van der Waals surface area contributed by atoms with Crippen LogP contribution in [0.4, 0.5) is 0 Å². The fourth-order valence-corrected chi connectivity index (χ4v) is 9.13. The number of amides is 2. The highest BCUT2D eigenvalue weighted by Gasteiger charge is 2.48. The zero-order chi connectivity index (χ0) is 49.3. The molecule has 2 fully saturated rings. The topological polar surface area (TPSA) is 167 Å². The second-order valence-electron chi connectivity index (χ2n) is 20.2. The number of Topliss-reactive ketones (excluding diaryl/α,β-unsaturated/α-hetero) is 3. The van der Waals surface area contributed by atoms with Crippen molar-refractivity contribution in [2.75, 3.05) is 40.0 Å². The highest BCUT2D eigenvalue weighted by atomic mass is 16.6. The first-order valence-electron chi connectivity index (χ1n) is 24.6. The van der Waals surface area contributed by atoms with Gasteiger partial charge in [0, 0.05) is 47.6 Å². The Hall–Kier alpha value is -5.53. The number of oxime groups is 1. The van der Waals surface area contributed by atoms with Crippen LogP contribution in [0, 0.1) is 29.1 Å². The number of carbonyl (C=O) groups excluding carboxylic acids is 6. The Morgan fingerprint density at radius 3 is 1.99 bits per heavy atom. The summed E-state index contributed by atoms with van der Waals surface area (Å²) in [5, 5.41) is 10.1. The van der Waals surface area contributed by atoms with Crippen molar-refractivity contribution in [2.24, 2.45) is 34.2 Å². The minimum atomic E-state index is -0.894. The average Bonchev–Trinajstić information content (AvgIpc) is 4.07. The maximum absolute atomic E-state index is 14.6. The predicted molar refractivity (Wildman–Crippen MR) is 263 cm³/mol. The number of benzene rings is 3. The summed E-state index contributed by atoms with van der Waals surface area (Å²) in [6.45, 7) is 14.4. The van der Waals surface area contributed by atoms with Gasteiger partial charge in [0.25, 0.3) is 0 Å². The Morgan fingerprint density at radius 2 is 1.38 bits per heavy atom. The zero-order valence-electron chi connectivity index (χ0n) is 41.4. The molecule has 13 heteroatoms. The molecule has 1 heterocycles. The maximum Gasteiger partial charge on any atom is 0.310 e. The molecule has 13 nitrogen and oxygen atoms in total. The third-order valence-electron chi connectivity index (χ3n) is 13.3. The lowest BCUT2D eigenvalue weighted by atomic mass is 9.87. The Balaban J connectivity index is 1.37. The number of morpholine rings is 1. The number of carbonyl (C=O) groups is 6. The van der Waals surface area contributed by atoms with Gasteiger partial charge in [-0.1, -0.05) is 107 Å². The molecule has 2 N–H and O–H groups in total. The fourth-order valence-electron chi connectivity index (χ4n) is 9.13. The SMILES string of the molecule is CCC(=O)Oc1ccc(C[N+]2(CC(=O)C[C@@H](CCc3ccccc3)C(=O)NC(CC(C)C)C(=O)C[C@@H](Cc3ccccc3)C(=O)NC(CC(C)C)C(=O)C3(C)CC3)CCOCC2)cc1/C=N/OC. The van der Waals surface area contributed by atoms with Crippen LogP contribution >= 0.6 is 0 Å². The molecular formula is C55H75N4O9+. The molecule has 5 rings (SSSR count). The van der Waals surface area contributed by atoms with E-state index in [9.17, 15) is 28.8 Å². The predicted octanol–water partition coefficient (Wildman–Crippen LogP) is 7.79. The van der Waals surface area contributed by atoms with Crippen LogP contribution in [-0.2, 0) is 57.7 Å². The van der Waals surface area contributed by atoms with Crippen LogP contribution in [-0.4, -0.2) is 97.9 Å². The Morgan fingerprint density at radius 1 is 0.779 bits per heavy atom. The summed E-state index contributed by atoms with van der Waals surface area (Å²) >= 11 is 0. The molecule has 3 aromatic rings. The van der Waals surface area contributed by atoms with Crippen molar-refractivity contribution < 1.29 is 47.6 Å². The highest BCUT2D eigenvalue weighted by Crippen LogP contribution is 2.47. The molecule has 4 atom stereocenters. The first-order valence-corrected chi connectivity index (χ1v) is 24.6. The van der Waals surface area contributed by atoms with Gasteiger partial charge in [0.15, 0.2) is 17.3 Å². The van der Waals surface area contributed by atoms with Crippen molar-refractivity contribution in [1.29, 1.82) is 0 Å². The number of quaternary nitrogens is 1. The van der Waals surface area contributed by atoms with Gasteiger partial charge >= 0.3 is 5.97 Å². The molecule has 1 aliphatic heterocycles. The van der Waals surface area contributed by atoms with E-state index in [0.29, 0.717) is 80.7 Å². The minimum absolute atomic E-state index is 0.0248. The van der Waals surface area contributed by atoms with E-state index in [1.54, 1.807) is 13.0 Å². The van der Waals surface area contributed by atoms with E-state index < -0.39 is 29.3 Å². The highest BCUT2D eigenvalue weighted by molar-refractivity contribution is 5.97. The van der Waals surface area contributed by atoms with E-state index in [0.717, 1.165) is 29.5 Å². The van der Waals surface area contributed by atoms with Crippen LogP contribution in [0.5, 0.6) is 5.75 Å². The molecule has 2 aliphatic rings. The molecular weight excluding hydrogens is 861 g/mol. The first kappa shape index (κ1) is 53.4. The fraction of sp³-hybridized carbons (Fsp3) is 0.545. The molecule has 2 amide bonds. The lowest BCUT2D eigenvalue weighted by molar-refractivity contribution is -0.940. The van der Waals surface area contributed by atoms with Crippen molar-refractivity contribution in [2.45, 2.75) is 124 Å². The number of hydrogen-bond donors (Lipinski definition) is 2. The van der Waals surface area contributed by atoms with Gasteiger partial charge in [-0.2, -0.15) is 0 Å². The van der Waals surface area contributed by atoms with E-state index in [1.165, 1.54) is 13.3 Å². The Bertz CT molecular complexity index is 2180. The lowest BCUT2D eigenvalue weighted by Crippen LogP contribution is -2.57. The van der Waals surface area contributed by atoms with E-state index in [1.807, 2.05) is 107 Å². The molecule has 0 bridgehead atoms. The number of ketones is 3. The van der Waals surface area contributed by atoms with E-state index in [2.05, 4.69) is 15.8 Å². The molecule has 1 aliphatic carbocycles. The van der Waals surface area contributed by atoms with Crippen molar-refractivity contribution >= 4 is 41.3 Å². The summed E-state index contributed by atoms with van der Waals surface area (Å²) in [7, 11) is 1.43. The smallest absolute Gasteiger partial charge is 0.310 e. The first-order chi connectivity index (χ1) is 32.5. The molecule has 68 heavy (non-hydrogen) atoms. The number of aryl methyl sites for hydroxylation is 1. The molecule has 2 unspecified atom stereocenters. The van der Waals surface area contributed by atoms with Gasteiger partial charge in [-0.25, -0.2) is 0 Å². The van der Waals surface area contributed by atoms with Gasteiger partial charge in [0.2, 0.25) is 11.8 Å². The van der Waals surface area contributed by atoms with Crippen LogP contribution in [0.15, 0.2) is 84.0 Å². The summed E-state index contributed by atoms with van der Waals surface area (Å²) in [6.07, 6.45) is 5.23. The molecule has 1 saturated carbocycles. The number of ether oxygens (including phenoxy) is 2. The molecule has 0 aromatic heterocycles. The second-order valence-corrected chi connectivity index (χ2v) is 20.2. The summed E-state index contributed by atoms with van der Waals surface area (Å²) in [6, 6.07) is 23.3. The van der Waals surface area contributed by atoms with Gasteiger partial charge in [0.1, 0.15) is 39.0 Å². The van der Waals surface area contributed by atoms with Crippen molar-refractivity contribution in [3.63, 3.8) is 0 Å². The molecule has 3 aromatic carbocycles. The number of nitrogens with one attached hydrogen (secondary N) is 2. The van der Waals surface area contributed by atoms with Gasteiger partial charge in [0.05, 0.1) is 31.5 Å². The number of nitrogens with zero attached hydrogens (tertiary/aromatic N) is 2. The number of hydrogen-bond acceptors (Lipinski definition) is 10. The van der Waals surface area contributed by atoms with Crippen LogP contribution in [0.1, 0.15) is 115 Å². The lowest BCUT2D eigenvalue weighted by Gasteiger charge is -2.41. The summed E-state index contributed by atoms with van der Waals surface area (Å²) in [5.41, 5.74) is 2.95. The van der Waals surface area contributed by atoms with E-state index in [-0.39, 0.29) is 72.8 Å². The molecule has 1 saturated heterocycles. The normalized spacial score (nSPS) is 16.9. The van der Waals surface area contributed by atoms with Crippen LogP contribution in [0.3, 0.4) is 0 Å². The van der Waals surface area contributed by atoms with Gasteiger partial charge in [-0.05, 0) is 86.1 Å². The summed E-state index contributed by atoms with van der Waals surface area (Å²) < 4.78 is 11.7. The Labute approximate surface area is 403 Å². The summed E-state index contributed by atoms with van der Waals surface area (Å²) in [5.74, 6) is -2.35. The monoisotopic (exact) mass is 936 g/mol. The quantitative estimate of drug-likeness (QED) is 0.0243. The standard InChI is InChI=1S/C55H74N4O9/c1-8-51(62)68-50-22-20-42(32-45(50)35-56-66-7)36-59(25-27-67-28-26-59)37-46(60)33-43(21-19-40-15-11-9-12-16-40)53(64)57-47(29-38(2)3)49(61)34-44(31-41-17-13-10-14-18-41)54(65)58-48(30-39(4)5)52(63)55(6)23-24-55/h9-18,20,22,32,35,38-39,43-44,47-48H,8,19,21,23-31,33-34,36-37H2,1-7H3,(H-,57,58,64,65)/p+1/b56-35+/t43-,44-,47?,48?/m1/s1. The molecule has 368 valence electrons. The van der Waals surface area contributed by atoms with Crippen molar-refractivity contribution in [3.05, 3.63) is 101 Å². The van der Waals surface area contributed by atoms with Crippen LogP contribution in [0.2, 0.25) is 0 Å². The molecule has 0 radical (unpaired) electrons. The molecule has 0 spiro atoms.